The lowest BCUT2D eigenvalue weighted by Crippen LogP contribution is -2.12. The lowest BCUT2D eigenvalue weighted by molar-refractivity contribution is -0.140. The molecular weight excluding hydrogens is 389 g/mol. The smallest absolute Gasteiger partial charge is 0.340 e. The van der Waals surface area contributed by atoms with Crippen LogP contribution in [0.5, 0.6) is 0 Å². The van der Waals surface area contributed by atoms with Crippen molar-refractivity contribution in [2.45, 2.75) is 19.0 Å². The Hall–Kier alpha value is -3.25. The Morgan fingerprint density at radius 2 is 1.96 bits per heavy atom. The number of para-hydroxylation sites is 2. The van der Waals surface area contributed by atoms with Crippen molar-refractivity contribution in [1.29, 1.82) is 5.26 Å². The van der Waals surface area contributed by atoms with Gasteiger partial charge in [0.15, 0.2) is 11.7 Å². The molecule has 3 aromatic heterocycles. The van der Waals surface area contributed by atoms with Gasteiger partial charge in [0.1, 0.15) is 16.3 Å². The third-order valence-electron chi connectivity index (χ3n) is 4.39. The molecule has 0 radical (unpaired) electrons. The highest BCUT2D eigenvalue weighted by Crippen LogP contribution is 2.36. The molecule has 0 aliphatic rings. The number of fused-ring (bicyclic) bond motifs is 2. The number of rotatable bonds is 3. The maximum Gasteiger partial charge on any atom is 0.433 e. The minimum Gasteiger partial charge on any atom is -0.340 e. The number of Topliss-reactive ketones (excluding diaryl/α,β-unsaturated/α-hetero) is 1. The first-order chi connectivity index (χ1) is 13.3. The molecule has 140 valence electrons. The number of thiophene rings is 1. The molecule has 0 amide bonds. The number of imidazole rings is 1. The van der Waals surface area contributed by atoms with E-state index >= 15 is 0 Å². The second-order valence-corrected chi connectivity index (χ2v) is 7.17. The molecule has 5 nitrogen and oxygen atoms in total. The summed E-state index contributed by atoms with van der Waals surface area (Å²) in [4.78, 5) is 24.2. The van der Waals surface area contributed by atoms with Gasteiger partial charge in [-0.25, -0.2) is 9.97 Å². The fraction of sp³-hybridized carbons (Fsp3) is 0.158. The minimum absolute atomic E-state index is 0.108. The van der Waals surface area contributed by atoms with Crippen LogP contribution in [0.25, 0.3) is 21.3 Å². The second kappa shape index (κ2) is 6.42. The van der Waals surface area contributed by atoms with Crippen LogP contribution in [0, 0.1) is 18.3 Å². The minimum atomic E-state index is -4.57. The molecule has 0 saturated heterocycles. The van der Waals surface area contributed by atoms with Crippen molar-refractivity contribution in [2.24, 2.45) is 0 Å². The highest BCUT2D eigenvalue weighted by molar-refractivity contribution is 7.20. The van der Waals surface area contributed by atoms with Gasteiger partial charge in [-0.05, 0) is 36.8 Å². The molecule has 4 rings (SSSR count). The predicted molar refractivity (Wildman–Crippen MR) is 98.1 cm³/mol. The number of aromatic nitrogens is 3. The summed E-state index contributed by atoms with van der Waals surface area (Å²) in [6.45, 7) is 1.63. The number of aryl methyl sites for hydroxylation is 1. The molecule has 28 heavy (non-hydrogen) atoms. The highest BCUT2D eigenvalue weighted by Gasteiger charge is 2.34. The number of alkyl halides is 3. The van der Waals surface area contributed by atoms with Crippen LogP contribution in [0.1, 0.15) is 32.7 Å². The molecule has 0 unspecified atom stereocenters. The van der Waals surface area contributed by atoms with E-state index < -0.39 is 23.6 Å². The first-order valence-electron chi connectivity index (χ1n) is 8.15. The molecule has 0 aliphatic heterocycles. The Labute approximate surface area is 160 Å². The van der Waals surface area contributed by atoms with E-state index in [9.17, 15) is 23.2 Å². The third-order valence-corrected chi connectivity index (χ3v) is 5.61. The van der Waals surface area contributed by atoms with Gasteiger partial charge in [-0.15, -0.1) is 11.3 Å². The number of carbonyl (C=O) groups excluding carboxylic acids is 1. The molecule has 9 heteroatoms. The normalized spacial score (nSPS) is 13.0. The van der Waals surface area contributed by atoms with Crippen molar-refractivity contribution in [2.75, 3.05) is 0 Å². The summed E-state index contributed by atoms with van der Waals surface area (Å²) in [7, 11) is 0. The third kappa shape index (κ3) is 2.92. The van der Waals surface area contributed by atoms with E-state index in [1.807, 2.05) is 6.07 Å². The number of carbonyl (C=O) groups is 1. The van der Waals surface area contributed by atoms with Crippen molar-refractivity contribution in [3.63, 3.8) is 0 Å². The van der Waals surface area contributed by atoms with E-state index in [4.69, 9.17) is 0 Å². The summed E-state index contributed by atoms with van der Waals surface area (Å²) in [5.41, 5.74) is 0.794. The summed E-state index contributed by atoms with van der Waals surface area (Å²) in [5, 5.41) is 10.0. The van der Waals surface area contributed by atoms with Gasteiger partial charge in [-0.2, -0.15) is 18.4 Å². The molecule has 1 N–H and O–H groups in total. The Bertz CT molecular complexity index is 1230. The lowest BCUT2D eigenvalue weighted by Gasteiger charge is -2.04. The van der Waals surface area contributed by atoms with Crippen molar-refractivity contribution < 1.29 is 18.0 Å². The molecule has 0 aliphatic carbocycles. The molecule has 0 saturated carbocycles. The summed E-state index contributed by atoms with van der Waals surface area (Å²) in [5.74, 6) is -1.51. The van der Waals surface area contributed by atoms with Crippen LogP contribution in [0.4, 0.5) is 13.2 Å². The SMILES string of the molecule is Cc1c(C(=O)[C@H](C#N)c2nc3ccccc3[nH]2)sc2nc(C(F)(F)F)ccc12. The molecule has 0 spiro atoms. The molecule has 1 aromatic carbocycles. The Morgan fingerprint density at radius 1 is 1.21 bits per heavy atom. The Kier molecular flexibility index (Phi) is 4.16. The van der Waals surface area contributed by atoms with Gasteiger partial charge in [0, 0.05) is 5.39 Å². The van der Waals surface area contributed by atoms with Gasteiger partial charge in [0.25, 0.3) is 0 Å². The number of benzene rings is 1. The fourth-order valence-electron chi connectivity index (χ4n) is 2.98. The molecule has 0 bridgehead atoms. The quantitative estimate of drug-likeness (QED) is 0.491. The van der Waals surface area contributed by atoms with Crippen molar-refractivity contribution in [1.82, 2.24) is 15.0 Å². The molecule has 4 aromatic rings. The largest absolute Gasteiger partial charge is 0.433 e. The molecule has 1 atom stereocenters. The Balaban J connectivity index is 1.78. The zero-order valence-electron chi connectivity index (χ0n) is 14.3. The fourth-order valence-corrected chi connectivity index (χ4v) is 4.13. The zero-order valence-corrected chi connectivity index (χ0v) is 15.1. The van der Waals surface area contributed by atoms with Crippen molar-refractivity contribution in [3.8, 4) is 6.07 Å². The van der Waals surface area contributed by atoms with Crippen LogP contribution in [0.3, 0.4) is 0 Å². The van der Waals surface area contributed by atoms with Crippen LogP contribution < -0.4 is 0 Å². The number of pyridine rings is 1. The van der Waals surface area contributed by atoms with Gasteiger partial charge < -0.3 is 4.98 Å². The van der Waals surface area contributed by atoms with E-state index in [2.05, 4.69) is 15.0 Å². The van der Waals surface area contributed by atoms with Crippen LogP contribution in [0.15, 0.2) is 36.4 Å². The van der Waals surface area contributed by atoms with Crippen molar-refractivity contribution in [3.05, 3.63) is 58.4 Å². The maximum absolute atomic E-state index is 13.0. The van der Waals surface area contributed by atoms with E-state index in [1.54, 1.807) is 31.2 Å². The standard InChI is InChI=1S/C19H11F3N4OS/c1-9-10-6-7-14(19(20,21)22)26-18(10)28-16(9)15(27)11(8-23)17-24-12-4-2-3-5-13(12)25-17/h2-7,11H,1H3,(H,24,25)/t11-/m0/s1. The number of aromatic amines is 1. The van der Waals surface area contributed by atoms with E-state index in [1.165, 1.54) is 6.07 Å². The van der Waals surface area contributed by atoms with Crippen LogP contribution in [-0.4, -0.2) is 20.7 Å². The van der Waals surface area contributed by atoms with Gasteiger partial charge in [-0.3, -0.25) is 4.79 Å². The van der Waals surface area contributed by atoms with Crippen LogP contribution in [0.2, 0.25) is 0 Å². The predicted octanol–water partition coefficient (Wildman–Crippen LogP) is 4.99. The number of nitrogens with zero attached hydrogens (tertiary/aromatic N) is 3. The first-order valence-corrected chi connectivity index (χ1v) is 8.97. The number of H-pyrrole nitrogens is 1. The van der Waals surface area contributed by atoms with Crippen LogP contribution >= 0.6 is 11.3 Å². The van der Waals surface area contributed by atoms with E-state index in [-0.39, 0.29) is 15.5 Å². The molecule has 3 heterocycles. The molecular formula is C19H11F3N4OS. The maximum atomic E-state index is 13.0. The average molecular weight is 400 g/mol. The highest BCUT2D eigenvalue weighted by atomic mass is 32.1. The average Bonchev–Trinajstić information content (AvgIpc) is 3.22. The Morgan fingerprint density at radius 3 is 2.64 bits per heavy atom. The van der Waals surface area contributed by atoms with Crippen molar-refractivity contribution >= 4 is 38.4 Å². The number of nitrogens with one attached hydrogen (secondary N) is 1. The summed E-state index contributed by atoms with van der Waals surface area (Å²) < 4.78 is 38.7. The van der Waals surface area contributed by atoms with Gasteiger partial charge in [-0.1, -0.05) is 12.1 Å². The lowest BCUT2D eigenvalue weighted by atomic mass is 10.0. The van der Waals surface area contributed by atoms with Crippen LogP contribution in [-0.2, 0) is 6.18 Å². The molecule has 0 fully saturated rings. The zero-order chi connectivity index (χ0) is 20.1. The first kappa shape index (κ1) is 18.1. The van der Waals surface area contributed by atoms with Gasteiger partial charge in [0.2, 0.25) is 0 Å². The van der Waals surface area contributed by atoms with Gasteiger partial charge in [0.05, 0.1) is 22.0 Å². The summed E-state index contributed by atoms with van der Waals surface area (Å²) >= 11 is 0.854. The topological polar surface area (TPSA) is 82.4 Å². The van der Waals surface area contributed by atoms with E-state index in [0.29, 0.717) is 22.0 Å². The number of hydrogen-bond donors (Lipinski definition) is 1. The summed E-state index contributed by atoms with van der Waals surface area (Å²) in [6, 6.07) is 11.3. The number of ketones is 1. The monoisotopic (exact) mass is 400 g/mol. The van der Waals surface area contributed by atoms with E-state index in [0.717, 1.165) is 17.4 Å². The summed E-state index contributed by atoms with van der Waals surface area (Å²) in [6.07, 6.45) is -4.57. The number of nitriles is 1. The van der Waals surface area contributed by atoms with Gasteiger partial charge >= 0.3 is 6.18 Å². The number of hydrogen-bond acceptors (Lipinski definition) is 5. The second-order valence-electron chi connectivity index (χ2n) is 6.17. The number of halogens is 3.